The molecule has 4 rings (SSSR count). The lowest BCUT2D eigenvalue weighted by Crippen LogP contribution is -2.35. The topological polar surface area (TPSA) is 97.1 Å². The molecule has 0 saturated heterocycles. The number of H-pyrrole nitrogens is 1. The summed E-state index contributed by atoms with van der Waals surface area (Å²) >= 11 is 0. The van der Waals surface area contributed by atoms with Crippen molar-refractivity contribution < 1.29 is 4.79 Å². The predicted molar refractivity (Wildman–Crippen MR) is 82.2 cm³/mol. The predicted octanol–water partition coefficient (Wildman–Crippen LogP) is 0.354. The number of aromatic amines is 1. The second kappa shape index (κ2) is 5.38. The van der Waals surface area contributed by atoms with E-state index in [9.17, 15) is 9.59 Å². The Morgan fingerprint density at radius 3 is 3.17 bits per heavy atom. The smallest absolute Gasteiger partial charge is 0.343 e. The number of imidazole rings is 1. The summed E-state index contributed by atoms with van der Waals surface area (Å²) in [6.45, 7) is 0.559. The molecule has 8 heteroatoms. The molecular weight excluding hydrogens is 296 g/mol. The van der Waals surface area contributed by atoms with E-state index in [-0.39, 0.29) is 17.6 Å². The maximum atomic E-state index is 12.6. The molecular formula is C15H16N6O2. The van der Waals surface area contributed by atoms with E-state index < -0.39 is 0 Å². The Hall–Kier alpha value is -2.90. The van der Waals surface area contributed by atoms with E-state index in [2.05, 4.69) is 20.5 Å². The molecule has 1 amide bonds. The lowest BCUT2D eigenvalue weighted by molar-refractivity contribution is 0.0934. The molecule has 0 radical (unpaired) electrons. The first kappa shape index (κ1) is 13.7. The Balaban J connectivity index is 1.51. The summed E-state index contributed by atoms with van der Waals surface area (Å²) < 4.78 is 3.46. The van der Waals surface area contributed by atoms with Gasteiger partial charge in [-0.1, -0.05) is 0 Å². The number of fused-ring (bicyclic) bond motifs is 2. The maximum absolute atomic E-state index is 12.6. The lowest BCUT2D eigenvalue weighted by Gasteiger charge is -2.16. The van der Waals surface area contributed by atoms with Crippen molar-refractivity contribution in [3.8, 4) is 0 Å². The normalized spacial score (nSPS) is 17.7. The second-order valence-electron chi connectivity index (χ2n) is 5.67. The van der Waals surface area contributed by atoms with Crippen LogP contribution in [0.1, 0.15) is 29.0 Å². The summed E-state index contributed by atoms with van der Waals surface area (Å²) in [5, 5.41) is 9.54. The van der Waals surface area contributed by atoms with Gasteiger partial charge in [0.15, 0.2) is 0 Å². The summed E-state index contributed by atoms with van der Waals surface area (Å²) in [5.41, 5.74) is 1.01. The van der Waals surface area contributed by atoms with Gasteiger partial charge in [0.2, 0.25) is 0 Å². The van der Waals surface area contributed by atoms with Crippen molar-refractivity contribution in [1.29, 1.82) is 0 Å². The molecule has 4 heterocycles. The Bertz CT molecular complexity index is 921. The molecule has 1 aliphatic heterocycles. The standard InChI is InChI=1S/C15H16N6O2/c22-14(11-2-1-7-20-9-6-16-13(11)20)17-10-3-4-12-18-19-15(23)21(12)8-5-10/h1-2,6-7,9-10H,3-5,8H2,(H,17,22)(H,19,23). The van der Waals surface area contributed by atoms with Crippen molar-refractivity contribution in [3.63, 3.8) is 0 Å². The third-order valence-corrected chi connectivity index (χ3v) is 4.25. The van der Waals surface area contributed by atoms with Gasteiger partial charge >= 0.3 is 5.69 Å². The monoisotopic (exact) mass is 312 g/mol. The molecule has 0 aromatic carbocycles. The number of nitrogens with one attached hydrogen (secondary N) is 2. The van der Waals surface area contributed by atoms with Crippen LogP contribution in [0.25, 0.3) is 5.65 Å². The summed E-state index contributed by atoms with van der Waals surface area (Å²) in [7, 11) is 0. The highest BCUT2D eigenvalue weighted by Gasteiger charge is 2.21. The van der Waals surface area contributed by atoms with Crippen LogP contribution in [0.2, 0.25) is 0 Å². The number of amides is 1. The molecule has 3 aromatic heterocycles. The summed E-state index contributed by atoms with van der Waals surface area (Å²) in [5.74, 6) is 0.613. The molecule has 8 nitrogen and oxygen atoms in total. The number of nitrogens with zero attached hydrogens (tertiary/aromatic N) is 4. The zero-order chi connectivity index (χ0) is 15.8. The largest absolute Gasteiger partial charge is 0.349 e. The van der Waals surface area contributed by atoms with Crippen molar-refractivity contribution in [2.75, 3.05) is 0 Å². The van der Waals surface area contributed by atoms with Crippen LogP contribution in [-0.4, -0.2) is 36.1 Å². The van der Waals surface area contributed by atoms with Crippen LogP contribution in [0.4, 0.5) is 0 Å². The van der Waals surface area contributed by atoms with Gasteiger partial charge in [0, 0.05) is 37.6 Å². The quantitative estimate of drug-likeness (QED) is 0.713. The van der Waals surface area contributed by atoms with Gasteiger partial charge in [-0.05, 0) is 25.0 Å². The molecule has 0 bridgehead atoms. The van der Waals surface area contributed by atoms with Crippen LogP contribution in [-0.2, 0) is 13.0 Å². The minimum absolute atomic E-state index is 0.0128. The van der Waals surface area contributed by atoms with Crippen molar-refractivity contribution >= 4 is 11.6 Å². The Labute approximate surface area is 131 Å². The van der Waals surface area contributed by atoms with Crippen molar-refractivity contribution in [3.05, 3.63) is 52.6 Å². The highest BCUT2D eigenvalue weighted by atomic mass is 16.2. The number of hydrogen-bond acceptors (Lipinski definition) is 4. The van der Waals surface area contributed by atoms with Crippen LogP contribution in [0.15, 0.2) is 35.5 Å². The minimum Gasteiger partial charge on any atom is -0.349 e. The van der Waals surface area contributed by atoms with Gasteiger partial charge in [-0.3, -0.25) is 9.36 Å². The van der Waals surface area contributed by atoms with E-state index in [4.69, 9.17) is 0 Å². The average Bonchev–Trinajstić information content (AvgIpc) is 3.11. The average molecular weight is 312 g/mol. The fourth-order valence-electron chi connectivity index (χ4n) is 3.04. The summed E-state index contributed by atoms with van der Waals surface area (Å²) in [6, 6.07) is 3.61. The summed E-state index contributed by atoms with van der Waals surface area (Å²) in [4.78, 5) is 28.4. The van der Waals surface area contributed by atoms with Crippen LogP contribution in [0.5, 0.6) is 0 Å². The molecule has 1 aliphatic rings. The first-order valence-electron chi connectivity index (χ1n) is 7.59. The van der Waals surface area contributed by atoms with Gasteiger partial charge in [0.05, 0.1) is 5.56 Å². The third kappa shape index (κ3) is 2.41. The van der Waals surface area contributed by atoms with Gasteiger partial charge in [-0.25, -0.2) is 14.9 Å². The second-order valence-corrected chi connectivity index (χ2v) is 5.67. The number of rotatable bonds is 2. The van der Waals surface area contributed by atoms with Gasteiger partial charge < -0.3 is 9.72 Å². The number of hydrogen-bond donors (Lipinski definition) is 2. The number of aryl methyl sites for hydroxylation is 1. The molecule has 0 fully saturated rings. The van der Waals surface area contributed by atoms with E-state index in [1.807, 2.05) is 22.9 Å². The highest BCUT2D eigenvalue weighted by Crippen LogP contribution is 2.14. The van der Waals surface area contributed by atoms with Crippen LogP contribution in [0, 0.1) is 0 Å². The Morgan fingerprint density at radius 2 is 2.26 bits per heavy atom. The van der Waals surface area contributed by atoms with Gasteiger partial charge in [0.1, 0.15) is 11.5 Å². The summed E-state index contributed by atoms with van der Waals surface area (Å²) in [6.07, 6.45) is 7.46. The van der Waals surface area contributed by atoms with E-state index >= 15 is 0 Å². The number of aromatic nitrogens is 5. The molecule has 118 valence electrons. The molecule has 0 spiro atoms. The zero-order valence-electron chi connectivity index (χ0n) is 12.4. The van der Waals surface area contributed by atoms with Crippen molar-refractivity contribution in [2.45, 2.75) is 31.8 Å². The van der Waals surface area contributed by atoms with E-state index in [1.165, 1.54) is 0 Å². The third-order valence-electron chi connectivity index (χ3n) is 4.25. The molecule has 0 saturated carbocycles. The number of carbonyl (C=O) groups is 1. The van der Waals surface area contributed by atoms with Gasteiger partial charge in [0.25, 0.3) is 5.91 Å². The van der Waals surface area contributed by atoms with E-state index in [0.29, 0.717) is 30.6 Å². The van der Waals surface area contributed by atoms with Gasteiger partial charge in [-0.2, -0.15) is 5.10 Å². The number of carbonyl (C=O) groups excluding carboxylic acids is 1. The van der Waals surface area contributed by atoms with Crippen molar-refractivity contribution in [1.82, 2.24) is 29.5 Å². The zero-order valence-corrected chi connectivity index (χ0v) is 12.4. The molecule has 0 aliphatic carbocycles. The first-order chi connectivity index (χ1) is 11.2. The molecule has 1 unspecified atom stereocenters. The minimum atomic E-state index is -0.186. The van der Waals surface area contributed by atoms with E-state index in [0.717, 1.165) is 12.2 Å². The molecule has 2 N–H and O–H groups in total. The Kier molecular flexibility index (Phi) is 3.22. The fourth-order valence-corrected chi connectivity index (χ4v) is 3.04. The molecule has 23 heavy (non-hydrogen) atoms. The lowest BCUT2D eigenvalue weighted by atomic mass is 10.1. The van der Waals surface area contributed by atoms with Gasteiger partial charge in [-0.15, -0.1) is 0 Å². The van der Waals surface area contributed by atoms with Crippen LogP contribution >= 0.6 is 0 Å². The number of pyridine rings is 1. The van der Waals surface area contributed by atoms with Crippen molar-refractivity contribution in [2.24, 2.45) is 0 Å². The maximum Gasteiger partial charge on any atom is 0.343 e. The van der Waals surface area contributed by atoms with Crippen LogP contribution < -0.4 is 11.0 Å². The first-order valence-corrected chi connectivity index (χ1v) is 7.59. The Morgan fingerprint density at radius 1 is 1.35 bits per heavy atom. The van der Waals surface area contributed by atoms with Crippen LogP contribution in [0.3, 0.4) is 0 Å². The van der Waals surface area contributed by atoms with E-state index in [1.54, 1.807) is 16.8 Å². The fraction of sp³-hybridized carbons (Fsp3) is 0.333. The highest BCUT2D eigenvalue weighted by molar-refractivity contribution is 5.99. The molecule has 1 atom stereocenters. The SMILES string of the molecule is O=C(NC1CCc2n[nH]c(=O)n2CC1)c1cccn2ccnc12. The molecule has 3 aromatic rings.